The lowest BCUT2D eigenvalue weighted by atomic mass is 9.96. The Morgan fingerprint density at radius 2 is 2.12 bits per heavy atom. The number of aromatic amines is 1. The third-order valence-electron chi connectivity index (χ3n) is 3.43. The molecule has 0 amide bonds. The van der Waals surface area contributed by atoms with Crippen LogP contribution in [0.3, 0.4) is 0 Å². The summed E-state index contributed by atoms with van der Waals surface area (Å²) < 4.78 is 4.90. The molecule has 1 fully saturated rings. The van der Waals surface area contributed by atoms with Crippen LogP contribution in [0.2, 0.25) is 0 Å². The van der Waals surface area contributed by atoms with Crippen molar-refractivity contribution in [2.75, 3.05) is 7.11 Å². The van der Waals surface area contributed by atoms with Gasteiger partial charge in [0.2, 0.25) is 0 Å². The van der Waals surface area contributed by atoms with Crippen LogP contribution in [0.1, 0.15) is 18.4 Å². The SMILES string of the molecule is COC(=O)C1(c2c[nH]c3ccccc23)CC1. The molecule has 1 saturated carbocycles. The molecule has 0 unspecified atom stereocenters. The quantitative estimate of drug-likeness (QED) is 0.781. The summed E-state index contributed by atoms with van der Waals surface area (Å²) in [5.41, 5.74) is 1.77. The third-order valence-corrected chi connectivity index (χ3v) is 3.43. The zero-order chi connectivity index (χ0) is 11.2. The van der Waals surface area contributed by atoms with Crippen LogP contribution in [-0.2, 0) is 14.9 Å². The van der Waals surface area contributed by atoms with E-state index in [1.54, 1.807) is 0 Å². The molecule has 16 heavy (non-hydrogen) atoms. The lowest BCUT2D eigenvalue weighted by Crippen LogP contribution is -2.21. The molecule has 3 heteroatoms. The summed E-state index contributed by atoms with van der Waals surface area (Å²) in [6.07, 6.45) is 3.72. The summed E-state index contributed by atoms with van der Waals surface area (Å²) in [6, 6.07) is 8.05. The average Bonchev–Trinajstić information content (AvgIpc) is 3.02. The van der Waals surface area contributed by atoms with Crippen LogP contribution in [0.4, 0.5) is 0 Å². The number of rotatable bonds is 2. The molecule has 82 valence electrons. The number of methoxy groups -OCH3 is 1. The first-order chi connectivity index (χ1) is 7.78. The largest absolute Gasteiger partial charge is 0.468 e. The molecule has 0 atom stereocenters. The molecule has 1 aromatic heterocycles. The minimum atomic E-state index is -0.381. The molecule has 3 rings (SSSR count). The van der Waals surface area contributed by atoms with Gasteiger partial charge in [0.05, 0.1) is 12.5 Å². The molecule has 1 heterocycles. The van der Waals surface area contributed by atoms with E-state index in [1.165, 1.54) is 7.11 Å². The maximum Gasteiger partial charge on any atom is 0.316 e. The van der Waals surface area contributed by atoms with Crippen molar-refractivity contribution in [1.29, 1.82) is 0 Å². The monoisotopic (exact) mass is 215 g/mol. The minimum absolute atomic E-state index is 0.114. The Kier molecular flexibility index (Phi) is 1.84. The number of benzene rings is 1. The van der Waals surface area contributed by atoms with Gasteiger partial charge in [0.1, 0.15) is 0 Å². The lowest BCUT2D eigenvalue weighted by Gasteiger charge is -2.11. The summed E-state index contributed by atoms with van der Waals surface area (Å²) >= 11 is 0. The van der Waals surface area contributed by atoms with Gasteiger partial charge in [-0.05, 0) is 24.5 Å². The van der Waals surface area contributed by atoms with Crippen molar-refractivity contribution in [2.45, 2.75) is 18.3 Å². The summed E-state index contributed by atoms with van der Waals surface area (Å²) in [5, 5.41) is 1.13. The van der Waals surface area contributed by atoms with Crippen molar-refractivity contribution in [1.82, 2.24) is 4.98 Å². The van der Waals surface area contributed by atoms with Crippen molar-refractivity contribution >= 4 is 16.9 Å². The zero-order valence-corrected chi connectivity index (χ0v) is 9.12. The number of esters is 1. The van der Waals surface area contributed by atoms with E-state index in [0.717, 1.165) is 29.3 Å². The molecule has 1 aliphatic rings. The number of hydrogen-bond donors (Lipinski definition) is 1. The number of carbonyl (C=O) groups is 1. The van der Waals surface area contributed by atoms with E-state index in [1.807, 2.05) is 30.5 Å². The third kappa shape index (κ3) is 1.11. The highest BCUT2D eigenvalue weighted by Crippen LogP contribution is 2.51. The van der Waals surface area contributed by atoms with Gasteiger partial charge in [-0.15, -0.1) is 0 Å². The predicted molar refractivity (Wildman–Crippen MR) is 61.2 cm³/mol. The van der Waals surface area contributed by atoms with Crippen LogP contribution >= 0.6 is 0 Å². The van der Waals surface area contributed by atoms with E-state index in [4.69, 9.17) is 4.74 Å². The van der Waals surface area contributed by atoms with E-state index in [-0.39, 0.29) is 11.4 Å². The first-order valence-electron chi connectivity index (χ1n) is 5.43. The maximum atomic E-state index is 11.8. The Bertz CT molecular complexity index is 552. The molecule has 1 N–H and O–H groups in total. The van der Waals surface area contributed by atoms with Gasteiger partial charge in [-0.2, -0.15) is 0 Å². The van der Waals surface area contributed by atoms with Gasteiger partial charge in [-0.25, -0.2) is 0 Å². The fourth-order valence-corrected chi connectivity index (χ4v) is 2.37. The molecule has 3 nitrogen and oxygen atoms in total. The number of H-pyrrole nitrogens is 1. The average molecular weight is 215 g/mol. The van der Waals surface area contributed by atoms with E-state index < -0.39 is 0 Å². The highest BCUT2D eigenvalue weighted by atomic mass is 16.5. The van der Waals surface area contributed by atoms with Crippen LogP contribution < -0.4 is 0 Å². The van der Waals surface area contributed by atoms with Crippen LogP contribution in [0.15, 0.2) is 30.5 Å². The number of ether oxygens (including phenoxy) is 1. The van der Waals surface area contributed by atoms with Crippen molar-refractivity contribution in [2.24, 2.45) is 0 Å². The van der Waals surface area contributed by atoms with E-state index in [2.05, 4.69) is 4.98 Å². The summed E-state index contributed by atoms with van der Waals surface area (Å²) in [6.45, 7) is 0. The number of para-hydroxylation sites is 1. The second kappa shape index (κ2) is 3.11. The Morgan fingerprint density at radius 1 is 1.38 bits per heavy atom. The first kappa shape index (κ1) is 9.46. The van der Waals surface area contributed by atoms with Crippen LogP contribution in [-0.4, -0.2) is 18.1 Å². The zero-order valence-electron chi connectivity index (χ0n) is 9.12. The van der Waals surface area contributed by atoms with Gasteiger partial charge >= 0.3 is 5.97 Å². The van der Waals surface area contributed by atoms with E-state index in [9.17, 15) is 4.79 Å². The highest BCUT2D eigenvalue weighted by Gasteiger charge is 2.53. The number of nitrogens with one attached hydrogen (secondary N) is 1. The van der Waals surface area contributed by atoms with Crippen molar-refractivity contribution in [3.05, 3.63) is 36.0 Å². The second-order valence-corrected chi connectivity index (χ2v) is 4.32. The van der Waals surface area contributed by atoms with Crippen molar-refractivity contribution in [3.8, 4) is 0 Å². The Hall–Kier alpha value is -1.77. The molecule has 0 saturated heterocycles. The molecule has 1 aromatic carbocycles. The van der Waals surface area contributed by atoms with Crippen LogP contribution in [0.5, 0.6) is 0 Å². The molecule has 0 bridgehead atoms. The van der Waals surface area contributed by atoms with Gasteiger partial charge in [0.25, 0.3) is 0 Å². The number of hydrogen-bond acceptors (Lipinski definition) is 2. The molecule has 0 aliphatic heterocycles. The van der Waals surface area contributed by atoms with Gasteiger partial charge in [0, 0.05) is 17.1 Å². The Labute approximate surface area is 93.4 Å². The molecular weight excluding hydrogens is 202 g/mol. The molecular formula is C13H13NO2. The van der Waals surface area contributed by atoms with E-state index >= 15 is 0 Å². The van der Waals surface area contributed by atoms with Gasteiger partial charge in [-0.3, -0.25) is 4.79 Å². The maximum absolute atomic E-state index is 11.8. The molecule has 0 radical (unpaired) electrons. The number of carbonyl (C=O) groups excluding carboxylic acids is 1. The van der Waals surface area contributed by atoms with Gasteiger partial charge in [-0.1, -0.05) is 18.2 Å². The van der Waals surface area contributed by atoms with Crippen molar-refractivity contribution in [3.63, 3.8) is 0 Å². The lowest BCUT2D eigenvalue weighted by molar-refractivity contribution is -0.143. The predicted octanol–water partition coefficient (Wildman–Crippen LogP) is 2.37. The fourth-order valence-electron chi connectivity index (χ4n) is 2.37. The molecule has 0 spiro atoms. The Balaban J connectivity index is 2.16. The van der Waals surface area contributed by atoms with Gasteiger partial charge < -0.3 is 9.72 Å². The van der Waals surface area contributed by atoms with Gasteiger partial charge in [0.15, 0.2) is 0 Å². The topological polar surface area (TPSA) is 42.1 Å². The number of fused-ring (bicyclic) bond motifs is 1. The molecule has 1 aliphatic carbocycles. The summed E-state index contributed by atoms with van der Waals surface area (Å²) in [7, 11) is 1.46. The van der Waals surface area contributed by atoms with E-state index in [0.29, 0.717) is 0 Å². The smallest absolute Gasteiger partial charge is 0.316 e. The number of aromatic nitrogens is 1. The van der Waals surface area contributed by atoms with Crippen LogP contribution in [0.25, 0.3) is 10.9 Å². The fraction of sp³-hybridized carbons (Fsp3) is 0.308. The summed E-state index contributed by atoms with van der Waals surface area (Å²) in [5.74, 6) is -0.114. The first-order valence-corrected chi connectivity index (χ1v) is 5.43. The second-order valence-electron chi connectivity index (χ2n) is 4.32. The normalized spacial score (nSPS) is 17.3. The Morgan fingerprint density at radius 3 is 2.81 bits per heavy atom. The van der Waals surface area contributed by atoms with Crippen LogP contribution in [0, 0.1) is 0 Å². The molecule has 2 aromatic rings. The standard InChI is InChI=1S/C13H13NO2/c1-16-12(15)13(6-7-13)10-8-14-11-5-3-2-4-9(10)11/h2-5,8,14H,6-7H2,1H3. The van der Waals surface area contributed by atoms with Crippen molar-refractivity contribution < 1.29 is 9.53 Å². The minimum Gasteiger partial charge on any atom is -0.468 e. The summed E-state index contributed by atoms with van der Waals surface area (Å²) in [4.78, 5) is 15.0. The highest BCUT2D eigenvalue weighted by molar-refractivity contribution is 5.94.